The third kappa shape index (κ3) is 5.85. The molecule has 0 fully saturated rings. The summed E-state index contributed by atoms with van der Waals surface area (Å²) in [6.45, 7) is 5.90. The van der Waals surface area contributed by atoms with Crippen LogP contribution >= 0.6 is 0 Å². The highest BCUT2D eigenvalue weighted by Gasteiger charge is 2.32. The van der Waals surface area contributed by atoms with Crippen LogP contribution in [-0.4, -0.2) is 22.4 Å². The van der Waals surface area contributed by atoms with E-state index in [2.05, 4.69) is 15.3 Å². The lowest BCUT2D eigenvalue weighted by Gasteiger charge is -2.21. The summed E-state index contributed by atoms with van der Waals surface area (Å²) in [5.41, 5.74) is -2.88. The molecule has 3 N–H and O–H groups in total. The van der Waals surface area contributed by atoms with Crippen LogP contribution in [0, 0.1) is 18.2 Å². The van der Waals surface area contributed by atoms with Gasteiger partial charge in [-0.1, -0.05) is 26.8 Å². The summed E-state index contributed by atoms with van der Waals surface area (Å²) in [5, 5.41) is 10.4. The van der Waals surface area contributed by atoms with E-state index in [9.17, 15) is 26.7 Å². The molecule has 0 radical (unpaired) electrons. The molecular weight excluding hydrogens is 395 g/mol. The van der Waals surface area contributed by atoms with Gasteiger partial charge in [-0.2, -0.15) is 13.2 Å². The summed E-state index contributed by atoms with van der Waals surface area (Å²) in [6.07, 6.45) is -4.44. The fourth-order valence-corrected chi connectivity index (χ4v) is 2.59. The number of rotatable bonds is 6. The van der Waals surface area contributed by atoms with Gasteiger partial charge in [0.2, 0.25) is 0 Å². The average molecular weight is 418 g/mol. The molecule has 0 aliphatic carbocycles. The lowest BCUT2D eigenvalue weighted by molar-refractivity contribution is -0.137. The molecule has 160 valence electrons. The van der Waals surface area contributed by atoms with Crippen LogP contribution in [0.4, 0.5) is 27.8 Å². The number of nitrogens with zero attached hydrogens (tertiary/aromatic N) is 1. The minimum absolute atomic E-state index is 0.0667. The van der Waals surface area contributed by atoms with Crippen LogP contribution in [0.5, 0.6) is 0 Å². The van der Waals surface area contributed by atoms with E-state index in [1.165, 1.54) is 6.92 Å². The predicted octanol–water partition coefficient (Wildman–Crippen LogP) is 5.16. The van der Waals surface area contributed by atoms with E-state index in [1.54, 1.807) is 6.92 Å². The van der Waals surface area contributed by atoms with E-state index in [0.717, 1.165) is 12.1 Å². The SMILES string of the molecule is CC.CCC(Nc1nc(C)[nH]c(=O)c1C(=N)CF)c1ccc(C(F)(F)F)cc1F. The predicted molar refractivity (Wildman–Crippen MR) is 102 cm³/mol. The van der Waals surface area contributed by atoms with Crippen LogP contribution < -0.4 is 10.9 Å². The van der Waals surface area contributed by atoms with Crippen LogP contribution in [0.25, 0.3) is 0 Å². The maximum absolute atomic E-state index is 14.3. The van der Waals surface area contributed by atoms with E-state index < -0.39 is 41.5 Å². The Morgan fingerprint density at radius 3 is 2.41 bits per heavy atom. The number of benzene rings is 1. The molecule has 0 amide bonds. The lowest BCUT2D eigenvalue weighted by atomic mass is 10.0. The van der Waals surface area contributed by atoms with Crippen LogP contribution in [0.1, 0.15) is 55.7 Å². The second-order valence-electron chi connectivity index (χ2n) is 5.83. The Kier molecular flexibility index (Phi) is 8.47. The Morgan fingerprint density at radius 1 is 1.31 bits per heavy atom. The van der Waals surface area contributed by atoms with Gasteiger partial charge in [0.1, 0.15) is 29.7 Å². The normalized spacial score (nSPS) is 12.0. The van der Waals surface area contributed by atoms with Crippen molar-refractivity contribution in [3.63, 3.8) is 0 Å². The summed E-state index contributed by atoms with van der Waals surface area (Å²) >= 11 is 0. The fourth-order valence-electron chi connectivity index (χ4n) is 2.59. The number of hydrogen-bond donors (Lipinski definition) is 3. The molecule has 0 aliphatic rings. The van der Waals surface area contributed by atoms with E-state index in [0.29, 0.717) is 6.07 Å². The molecule has 1 aromatic carbocycles. The highest BCUT2D eigenvalue weighted by Crippen LogP contribution is 2.32. The van der Waals surface area contributed by atoms with E-state index in [1.807, 2.05) is 13.8 Å². The van der Waals surface area contributed by atoms with E-state index >= 15 is 0 Å². The molecule has 0 spiro atoms. The molecule has 10 heteroatoms. The van der Waals surface area contributed by atoms with Gasteiger partial charge in [-0.25, -0.2) is 13.8 Å². The van der Waals surface area contributed by atoms with Gasteiger partial charge in [-0.15, -0.1) is 0 Å². The molecule has 1 unspecified atom stereocenters. The number of hydrogen-bond acceptors (Lipinski definition) is 4. The zero-order chi connectivity index (χ0) is 22.4. The molecule has 1 heterocycles. The third-order valence-electron chi connectivity index (χ3n) is 3.90. The highest BCUT2D eigenvalue weighted by atomic mass is 19.4. The molecule has 0 saturated heterocycles. The molecule has 2 aromatic rings. The molecule has 1 aromatic heterocycles. The largest absolute Gasteiger partial charge is 0.416 e. The first-order valence-corrected chi connectivity index (χ1v) is 8.96. The van der Waals surface area contributed by atoms with Gasteiger partial charge < -0.3 is 15.7 Å². The number of halogens is 5. The number of anilines is 1. The molecule has 2 rings (SSSR count). The monoisotopic (exact) mass is 418 g/mol. The number of alkyl halides is 4. The van der Waals surface area contributed by atoms with E-state index in [4.69, 9.17) is 5.41 Å². The van der Waals surface area contributed by atoms with Crippen molar-refractivity contribution in [2.75, 3.05) is 12.0 Å². The quantitative estimate of drug-likeness (QED) is 0.448. The second-order valence-corrected chi connectivity index (χ2v) is 5.83. The third-order valence-corrected chi connectivity index (χ3v) is 3.90. The smallest absolute Gasteiger partial charge is 0.362 e. The average Bonchev–Trinajstić information content (AvgIpc) is 2.66. The number of aromatic nitrogens is 2. The minimum Gasteiger partial charge on any atom is -0.362 e. The van der Waals surface area contributed by atoms with Crippen LogP contribution in [0.3, 0.4) is 0 Å². The van der Waals surface area contributed by atoms with Crippen molar-refractivity contribution in [3.8, 4) is 0 Å². The summed E-state index contributed by atoms with van der Waals surface area (Å²) < 4.78 is 65.3. The standard InChI is InChI=1S/C17H17F5N4O.C2H6/c1-3-13(10-5-4-9(6-11(10)19)17(20,21)22)26-15-14(12(23)7-18)16(27)25-8(2)24-15;1-2/h4-6,13,23H,3,7H2,1-2H3,(H2,24,25,26,27);1-2H3. The zero-order valence-corrected chi connectivity index (χ0v) is 16.5. The maximum Gasteiger partial charge on any atom is 0.416 e. The number of H-pyrrole nitrogens is 1. The Morgan fingerprint density at radius 2 is 1.93 bits per heavy atom. The Balaban J connectivity index is 0.00000204. The fraction of sp³-hybridized carbons (Fsp3) is 0.421. The van der Waals surface area contributed by atoms with Crippen LogP contribution in [-0.2, 0) is 6.18 Å². The molecule has 0 saturated carbocycles. The van der Waals surface area contributed by atoms with E-state index in [-0.39, 0.29) is 29.2 Å². The van der Waals surface area contributed by atoms with Gasteiger partial charge in [0.15, 0.2) is 0 Å². The summed E-state index contributed by atoms with van der Waals surface area (Å²) in [5.74, 6) is -1.03. The van der Waals surface area contributed by atoms with Crippen LogP contribution in [0.2, 0.25) is 0 Å². The summed E-state index contributed by atoms with van der Waals surface area (Å²) in [6, 6.07) is 1.30. The first-order valence-electron chi connectivity index (χ1n) is 8.96. The van der Waals surface area contributed by atoms with Crippen LogP contribution in [0.15, 0.2) is 23.0 Å². The van der Waals surface area contributed by atoms with Crippen molar-refractivity contribution in [3.05, 3.63) is 56.9 Å². The number of aryl methyl sites for hydroxylation is 1. The van der Waals surface area contributed by atoms with Gasteiger partial charge in [-0.3, -0.25) is 4.79 Å². The van der Waals surface area contributed by atoms with Gasteiger partial charge >= 0.3 is 6.18 Å². The summed E-state index contributed by atoms with van der Waals surface area (Å²) in [4.78, 5) is 18.4. The van der Waals surface area contributed by atoms with Crippen molar-refractivity contribution in [2.24, 2.45) is 0 Å². The van der Waals surface area contributed by atoms with Crippen molar-refractivity contribution >= 4 is 11.5 Å². The molecule has 5 nitrogen and oxygen atoms in total. The van der Waals surface area contributed by atoms with Gasteiger partial charge in [0.05, 0.1) is 17.3 Å². The summed E-state index contributed by atoms with van der Waals surface area (Å²) in [7, 11) is 0. The molecule has 0 aliphatic heterocycles. The Bertz CT molecular complexity index is 908. The van der Waals surface area contributed by atoms with Crippen molar-refractivity contribution in [1.29, 1.82) is 5.41 Å². The van der Waals surface area contributed by atoms with Gasteiger partial charge in [0, 0.05) is 5.56 Å². The minimum atomic E-state index is -4.68. The Hall–Kier alpha value is -2.78. The molecule has 29 heavy (non-hydrogen) atoms. The topological polar surface area (TPSA) is 81.6 Å². The van der Waals surface area contributed by atoms with Crippen molar-refractivity contribution in [2.45, 2.75) is 46.3 Å². The molecule has 0 bridgehead atoms. The first kappa shape index (κ1) is 24.3. The maximum atomic E-state index is 14.3. The highest BCUT2D eigenvalue weighted by molar-refractivity contribution is 6.02. The second kappa shape index (κ2) is 10.1. The van der Waals surface area contributed by atoms with Crippen molar-refractivity contribution < 1.29 is 22.0 Å². The lowest BCUT2D eigenvalue weighted by Crippen LogP contribution is -2.25. The molecular formula is C19H23F5N4O. The Labute approximate surface area is 164 Å². The molecule has 1 atom stereocenters. The van der Waals surface area contributed by atoms with Gasteiger partial charge in [0.25, 0.3) is 5.56 Å². The number of nitrogens with one attached hydrogen (secondary N) is 3. The zero-order valence-electron chi connectivity index (χ0n) is 16.5. The first-order chi connectivity index (χ1) is 13.6. The number of aromatic amines is 1. The van der Waals surface area contributed by atoms with Gasteiger partial charge in [-0.05, 0) is 25.5 Å². The van der Waals surface area contributed by atoms with Crippen molar-refractivity contribution in [1.82, 2.24) is 9.97 Å².